The number of nitrogens with one attached hydrogen (secondary N) is 2. The highest BCUT2D eigenvalue weighted by molar-refractivity contribution is 14.1. The first-order valence-corrected chi connectivity index (χ1v) is 9.38. The smallest absolute Gasteiger partial charge is 0.258 e. The molecule has 0 bridgehead atoms. The van der Waals surface area contributed by atoms with Crippen LogP contribution in [0.5, 0.6) is 0 Å². The molecule has 5 nitrogen and oxygen atoms in total. The molecule has 2 amide bonds. The van der Waals surface area contributed by atoms with Crippen LogP contribution >= 0.6 is 33.9 Å². The molecular formula is C18H14IN3O2S. The Morgan fingerprint density at radius 1 is 1.04 bits per heavy atom. The Hall–Kier alpha value is -2.26. The van der Waals surface area contributed by atoms with Crippen LogP contribution in [-0.4, -0.2) is 16.8 Å². The van der Waals surface area contributed by atoms with Gasteiger partial charge in [-0.2, -0.15) is 0 Å². The fraction of sp³-hybridized carbons (Fsp3) is 0.0556. The van der Waals surface area contributed by atoms with Gasteiger partial charge >= 0.3 is 0 Å². The number of carbonyl (C=O) groups is 2. The SMILES string of the molecule is CC(=O)Nc1ccc(-c2csc(NC(=O)c3ccccc3I)n2)cc1. The van der Waals surface area contributed by atoms with E-state index in [-0.39, 0.29) is 11.8 Å². The average Bonchev–Trinajstić information content (AvgIpc) is 3.04. The van der Waals surface area contributed by atoms with Crippen LogP contribution in [0.15, 0.2) is 53.9 Å². The number of aromatic nitrogens is 1. The summed E-state index contributed by atoms with van der Waals surface area (Å²) >= 11 is 3.51. The lowest BCUT2D eigenvalue weighted by atomic mass is 10.1. The molecule has 0 saturated heterocycles. The minimum Gasteiger partial charge on any atom is -0.326 e. The lowest BCUT2D eigenvalue weighted by Crippen LogP contribution is -2.13. The Morgan fingerprint density at radius 2 is 1.76 bits per heavy atom. The van der Waals surface area contributed by atoms with Gasteiger partial charge < -0.3 is 5.32 Å². The second-order valence-corrected chi connectivity index (χ2v) is 7.25. The fourth-order valence-corrected chi connectivity index (χ4v) is 3.55. The maximum atomic E-state index is 12.3. The Bertz CT molecular complexity index is 922. The quantitative estimate of drug-likeness (QED) is 0.555. The number of anilines is 2. The number of halogens is 1. The third-order valence-corrected chi connectivity index (χ3v) is 5.04. The lowest BCUT2D eigenvalue weighted by Gasteiger charge is -2.04. The normalized spacial score (nSPS) is 10.3. The molecule has 0 aliphatic rings. The zero-order valence-electron chi connectivity index (χ0n) is 13.2. The molecular weight excluding hydrogens is 449 g/mol. The van der Waals surface area contributed by atoms with Crippen molar-refractivity contribution < 1.29 is 9.59 Å². The Balaban J connectivity index is 1.73. The Kier molecular flexibility index (Phi) is 5.44. The average molecular weight is 463 g/mol. The summed E-state index contributed by atoms with van der Waals surface area (Å²) in [6.07, 6.45) is 0. The largest absolute Gasteiger partial charge is 0.326 e. The highest BCUT2D eigenvalue weighted by Crippen LogP contribution is 2.26. The third kappa shape index (κ3) is 4.43. The summed E-state index contributed by atoms with van der Waals surface area (Å²) < 4.78 is 0.892. The van der Waals surface area contributed by atoms with Crippen LogP contribution in [0.2, 0.25) is 0 Å². The van der Waals surface area contributed by atoms with E-state index in [0.29, 0.717) is 10.7 Å². The summed E-state index contributed by atoms with van der Waals surface area (Å²) in [6, 6.07) is 14.8. The summed E-state index contributed by atoms with van der Waals surface area (Å²) in [4.78, 5) is 27.9. The van der Waals surface area contributed by atoms with Crippen molar-refractivity contribution in [2.24, 2.45) is 0 Å². The molecule has 1 aromatic heterocycles. The van der Waals surface area contributed by atoms with Crippen LogP contribution in [0, 0.1) is 3.57 Å². The highest BCUT2D eigenvalue weighted by atomic mass is 127. The number of benzene rings is 2. The van der Waals surface area contributed by atoms with E-state index in [0.717, 1.165) is 20.5 Å². The molecule has 3 rings (SSSR count). The summed E-state index contributed by atoms with van der Waals surface area (Å²) in [5.41, 5.74) is 3.05. The first-order chi connectivity index (χ1) is 12.0. The van der Waals surface area contributed by atoms with Crippen molar-refractivity contribution in [3.8, 4) is 11.3 Å². The van der Waals surface area contributed by atoms with Crippen molar-refractivity contribution in [3.63, 3.8) is 0 Å². The molecule has 0 aliphatic carbocycles. The number of thiazole rings is 1. The lowest BCUT2D eigenvalue weighted by molar-refractivity contribution is -0.114. The predicted octanol–water partition coefficient (Wildman–Crippen LogP) is 4.63. The fourth-order valence-electron chi connectivity index (χ4n) is 2.20. The molecule has 0 aliphatic heterocycles. The van der Waals surface area contributed by atoms with Gasteiger partial charge in [-0.15, -0.1) is 11.3 Å². The van der Waals surface area contributed by atoms with Crippen molar-refractivity contribution in [3.05, 3.63) is 63.0 Å². The van der Waals surface area contributed by atoms with Crippen molar-refractivity contribution in [2.75, 3.05) is 10.6 Å². The highest BCUT2D eigenvalue weighted by Gasteiger charge is 2.12. The zero-order valence-corrected chi connectivity index (χ0v) is 16.2. The van der Waals surface area contributed by atoms with Crippen LogP contribution in [0.1, 0.15) is 17.3 Å². The molecule has 0 saturated carbocycles. The van der Waals surface area contributed by atoms with E-state index in [9.17, 15) is 9.59 Å². The molecule has 0 radical (unpaired) electrons. The molecule has 0 spiro atoms. The molecule has 1 heterocycles. The first-order valence-electron chi connectivity index (χ1n) is 7.42. The van der Waals surface area contributed by atoms with Crippen molar-refractivity contribution in [1.29, 1.82) is 0 Å². The number of hydrogen-bond acceptors (Lipinski definition) is 4. The number of nitrogens with zero attached hydrogens (tertiary/aromatic N) is 1. The monoisotopic (exact) mass is 463 g/mol. The van der Waals surface area contributed by atoms with Gasteiger partial charge in [-0.05, 0) is 46.9 Å². The molecule has 0 unspecified atom stereocenters. The summed E-state index contributed by atoms with van der Waals surface area (Å²) in [5.74, 6) is -0.283. The van der Waals surface area contributed by atoms with Crippen LogP contribution in [0.3, 0.4) is 0 Å². The zero-order chi connectivity index (χ0) is 17.8. The number of amides is 2. The Morgan fingerprint density at radius 3 is 2.44 bits per heavy atom. The van der Waals surface area contributed by atoms with Gasteiger partial charge in [0, 0.05) is 27.1 Å². The van der Waals surface area contributed by atoms with Gasteiger partial charge in [-0.25, -0.2) is 4.98 Å². The molecule has 3 aromatic rings. The van der Waals surface area contributed by atoms with Gasteiger partial charge in [0.1, 0.15) is 0 Å². The van der Waals surface area contributed by atoms with Gasteiger partial charge in [0.2, 0.25) is 5.91 Å². The van der Waals surface area contributed by atoms with E-state index in [1.807, 2.05) is 47.8 Å². The minimum absolute atomic E-state index is 0.109. The van der Waals surface area contributed by atoms with Gasteiger partial charge in [-0.3, -0.25) is 14.9 Å². The molecule has 2 aromatic carbocycles. The standard InChI is InChI=1S/C18H14IN3O2S/c1-11(23)20-13-8-6-12(7-9-13)16-10-25-18(21-16)22-17(24)14-4-2-3-5-15(14)19/h2-10H,1H3,(H,20,23)(H,21,22,24). The molecule has 25 heavy (non-hydrogen) atoms. The minimum atomic E-state index is -0.174. The summed E-state index contributed by atoms with van der Waals surface area (Å²) in [5, 5.41) is 7.99. The van der Waals surface area contributed by atoms with Gasteiger partial charge in [0.15, 0.2) is 5.13 Å². The number of carbonyl (C=O) groups excluding carboxylic acids is 2. The molecule has 7 heteroatoms. The van der Waals surface area contributed by atoms with E-state index in [1.54, 1.807) is 6.07 Å². The summed E-state index contributed by atoms with van der Waals surface area (Å²) in [6.45, 7) is 1.47. The molecule has 0 atom stereocenters. The molecule has 2 N–H and O–H groups in total. The predicted molar refractivity (Wildman–Crippen MR) is 109 cm³/mol. The molecule has 126 valence electrons. The van der Waals surface area contributed by atoms with E-state index in [4.69, 9.17) is 0 Å². The van der Waals surface area contributed by atoms with Crippen LogP contribution in [0.4, 0.5) is 10.8 Å². The van der Waals surface area contributed by atoms with E-state index < -0.39 is 0 Å². The first kappa shape index (κ1) is 17.6. The van der Waals surface area contributed by atoms with E-state index in [1.165, 1.54) is 18.3 Å². The topological polar surface area (TPSA) is 71.1 Å². The van der Waals surface area contributed by atoms with Gasteiger partial charge in [-0.1, -0.05) is 24.3 Å². The Labute approximate surface area is 162 Å². The van der Waals surface area contributed by atoms with Gasteiger partial charge in [0.05, 0.1) is 11.3 Å². The third-order valence-electron chi connectivity index (χ3n) is 3.34. The second kappa shape index (κ2) is 7.75. The maximum absolute atomic E-state index is 12.3. The van der Waals surface area contributed by atoms with Crippen molar-refractivity contribution >= 4 is 56.6 Å². The molecule has 0 fully saturated rings. The van der Waals surface area contributed by atoms with Gasteiger partial charge in [0.25, 0.3) is 5.91 Å². The van der Waals surface area contributed by atoms with Crippen LogP contribution in [0.25, 0.3) is 11.3 Å². The van der Waals surface area contributed by atoms with Crippen molar-refractivity contribution in [1.82, 2.24) is 4.98 Å². The maximum Gasteiger partial charge on any atom is 0.258 e. The summed E-state index contributed by atoms with van der Waals surface area (Å²) in [7, 11) is 0. The van der Waals surface area contributed by atoms with Crippen molar-refractivity contribution in [2.45, 2.75) is 6.92 Å². The second-order valence-electron chi connectivity index (χ2n) is 5.23. The van der Waals surface area contributed by atoms with E-state index in [2.05, 4.69) is 38.2 Å². The van der Waals surface area contributed by atoms with E-state index >= 15 is 0 Å². The number of hydrogen-bond donors (Lipinski definition) is 2. The number of rotatable bonds is 4. The van der Waals surface area contributed by atoms with Crippen LogP contribution < -0.4 is 10.6 Å². The van der Waals surface area contributed by atoms with Crippen LogP contribution in [-0.2, 0) is 4.79 Å².